The van der Waals surface area contributed by atoms with Gasteiger partial charge in [0.15, 0.2) is 0 Å². The van der Waals surface area contributed by atoms with Gasteiger partial charge in [0.2, 0.25) is 5.91 Å². The molecule has 1 aromatic heterocycles. The molecule has 0 aliphatic heterocycles. The van der Waals surface area contributed by atoms with E-state index < -0.39 is 11.7 Å². The van der Waals surface area contributed by atoms with Crippen LogP contribution in [0.3, 0.4) is 0 Å². The van der Waals surface area contributed by atoms with Gasteiger partial charge in [0.1, 0.15) is 5.01 Å². The minimum Gasteiger partial charge on any atom is -0.380 e. The monoisotopic (exact) mass is 373 g/mol. The highest BCUT2D eigenvalue weighted by Crippen LogP contribution is 2.31. The molecule has 0 bridgehead atoms. The van der Waals surface area contributed by atoms with E-state index in [9.17, 15) is 18.0 Å². The number of carbonyl (C=O) groups is 1. The van der Waals surface area contributed by atoms with Crippen molar-refractivity contribution in [1.82, 2.24) is 10.3 Å². The van der Waals surface area contributed by atoms with Gasteiger partial charge in [0.25, 0.3) is 0 Å². The Bertz CT molecular complexity index is 697. The van der Waals surface area contributed by atoms with Gasteiger partial charge in [-0.25, -0.2) is 4.98 Å². The van der Waals surface area contributed by atoms with Crippen LogP contribution in [0.1, 0.15) is 17.7 Å². The number of nitrogens with two attached hydrogens (primary N) is 1. The zero-order valence-electron chi connectivity index (χ0n) is 13.5. The molecule has 2 aromatic rings. The molecule has 1 atom stereocenters. The normalized spacial score (nSPS) is 12.8. The predicted octanol–water partition coefficient (Wildman–Crippen LogP) is 2.81. The van der Waals surface area contributed by atoms with E-state index in [0.717, 1.165) is 12.1 Å². The molecular weight excluding hydrogens is 355 g/mol. The van der Waals surface area contributed by atoms with Crippen LogP contribution < -0.4 is 11.1 Å². The van der Waals surface area contributed by atoms with E-state index in [-0.39, 0.29) is 31.5 Å². The Morgan fingerprint density at radius 2 is 2.04 bits per heavy atom. The number of thiazole rings is 1. The number of amides is 1. The molecular formula is C16H18F3N3O2S. The number of aromatic nitrogens is 1. The van der Waals surface area contributed by atoms with Crippen LogP contribution in [-0.2, 0) is 22.3 Å². The largest absolute Gasteiger partial charge is 0.416 e. The highest BCUT2D eigenvalue weighted by Gasteiger charge is 2.30. The molecule has 1 heterocycles. The first-order valence-electron chi connectivity index (χ1n) is 7.45. The maximum atomic E-state index is 12.6. The summed E-state index contributed by atoms with van der Waals surface area (Å²) in [6, 6.07) is 4.81. The van der Waals surface area contributed by atoms with Gasteiger partial charge >= 0.3 is 6.18 Å². The van der Waals surface area contributed by atoms with Crippen LogP contribution in [0.25, 0.3) is 10.6 Å². The summed E-state index contributed by atoms with van der Waals surface area (Å²) in [5, 5.41) is 5.06. The van der Waals surface area contributed by atoms with E-state index in [4.69, 9.17) is 10.5 Å². The molecule has 5 nitrogen and oxygen atoms in total. The molecule has 3 N–H and O–H groups in total. The smallest absolute Gasteiger partial charge is 0.380 e. The Labute approximate surface area is 147 Å². The fraction of sp³-hybridized carbons (Fsp3) is 0.375. The van der Waals surface area contributed by atoms with E-state index in [1.807, 2.05) is 0 Å². The van der Waals surface area contributed by atoms with Crippen molar-refractivity contribution < 1.29 is 22.7 Å². The molecule has 136 valence electrons. The average molecular weight is 373 g/mol. The standard InChI is InChI=1S/C16H18F3N3O2S/c1-24-13(7-20)6-14(23)21-8-12-9-25-15(22-12)10-2-4-11(5-3-10)16(17,18)19/h2-5,9,13H,6-8,20H2,1H3,(H,21,23). The number of nitrogens with one attached hydrogen (secondary N) is 1. The highest BCUT2D eigenvalue weighted by molar-refractivity contribution is 7.13. The lowest BCUT2D eigenvalue weighted by molar-refractivity contribution is -0.137. The molecule has 0 spiro atoms. The topological polar surface area (TPSA) is 77.2 Å². The van der Waals surface area contributed by atoms with Crippen molar-refractivity contribution in [3.8, 4) is 10.6 Å². The number of rotatable bonds is 7. The van der Waals surface area contributed by atoms with Crippen LogP contribution in [0.4, 0.5) is 13.2 Å². The quantitative estimate of drug-likeness (QED) is 0.782. The zero-order valence-corrected chi connectivity index (χ0v) is 14.3. The first kappa shape index (κ1) is 19.4. The van der Waals surface area contributed by atoms with E-state index in [2.05, 4.69) is 10.3 Å². The second kappa shape index (κ2) is 8.41. The summed E-state index contributed by atoms with van der Waals surface area (Å²) < 4.78 is 42.8. The first-order chi connectivity index (χ1) is 11.8. The minimum atomic E-state index is -4.36. The van der Waals surface area contributed by atoms with Crippen molar-refractivity contribution in [2.24, 2.45) is 5.73 Å². The van der Waals surface area contributed by atoms with E-state index in [1.54, 1.807) is 5.38 Å². The van der Waals surface area contributed by atoms with Gasteiger partial charge in [-0.3, -0.25) is 4.79 Å². The van der Waals surface area contributed by atoms with Crippen LogP contribution >= 0.6 is 11.3 Å². The van der Waals surface area contributed by atoms with Crippen LogP contribution in [0.2, 0.25) is 0 Å². The Kier molecular flexibility index (Phi) is 6.51. The number of ether oxygens (including phenoxy) is 1. The van der Waals surface area contributed by atoms with Crippen molar-refractivity contribution in [2.75, 3.05) is 13.7 Å². The summed E-state index contributed by atoms with van der Waals surface area (Å²) in [5.41, 5.74) is 5.99. The number of alkyl halides is 3. The molecule has 0 radical (unpaired) electrons. The van der Waals surface area contributed by atoms with Gasteiger partial charge in [-0.1, -0.05) is 12.1 Å². The van der Waals surface area contributed by atoms with Crippen LogP contribution in [0, 0.1) is 0 Å². The predicted molar refractivity (Wildman–Crippen MR) is 88.9 cm³/mol. The SMILES string of the molecule is COC(CN)CC(=O)NCc1csc(-c2ccc(C(F)(F)F)cc2)n1. The Hall–Kier alpha value is -1.97. The lowest BCUT2D eigenvalue weighted by Crippen LogP contribution is -2.31. The summed E-state index contributed by atoms with van der Waals surface area (Å²) >= 11 is 1.30. The summed E-state index contributed by atoms with van der Waals surface area (Å²) in [4.78, 5) is 16.1. The molecule has 25 heavy (non-hydrogen) atoms. The second-order valence-electron chi connectivity index (χ2n) is 5.29. The summed E-state index contributed by atoms with van der Waals surface area (Å²) in [7, 11) is 1.49. The second-order valence-corrected chi connectivity index (χ2v) is 6.15. The first-order valence-corrected chi connectivity index (χ1v) is 8.33. The number of nitrogens with zero attached hydrogens (tertiary/aromatic N) is 1. The number of benzene rings is 1. The maximum Gasteiger partial charge on any atom is 0.416 e. The van der Waals surface area contributed by atoms with Gasteiger partial charge in [-0.2, -0.15) is 13.2 Å². The highest BCUT2D eigenvalue weighted by atomic mass is 32.1. The number of halogens is 3. The molecule has 0 fully saturated rings. The van der Waals surface area contributed by atoms with Crippen LogP contribution in [0.5, 0.6) is 0 Å². The molecule has 0 aliphatic rings. The fourth-order valence-corrected chi connectivity index (χ4v) is 2.88. The van der Waals surface area contributed by atoms with Gasteiger partial charge < -0.3 is 15.8 Å². The molecule has 1 unspecified atom stereocenters. The Morgan fingerprint density at radius 1 is 1.36 bits per heavy atom. The molecule has 9 heteroatoms. The van der Waals surface area contributed by atoms with E-state index in [1.165, 1.54) is 30.6 Å². The maximum absolute atomic E-state index is 12.6. The van der Waals surface area contributed by atoms with Crippen molar-refractivity contribution in [2.45, 2.75) is 25.2 Å². The number of hydrogen-bond donors (Lipinski definition) is 2. The third-order valence-corrected chi connectivity index (χ3v) is 4.43. The number of hydrogen-bond acceptors (Lipinski definition) is 5. The lowest BCUT2D eigenvalue weighted by atomic mass is 10.1. The van der Waals surface area contributed by atoms with Gasteiger partial charge in [0, 0.05) is 24.6 Å². The zero-order chi connectivity index (χ0) is 18.4. The molecule has 1 amide bonds. The van der Waals surface area contributed by atoms with Crippen molar-refractivity contribution >= 4 is 17.2 Å². The van der Waals surface area contributed by atoms with Gasteiger partial charge in [-0.15, -0.1) is 11.3 Å². The molecule has 0 saturated heterocycles. The number of carbonyl (C=O) groups excluding carboxylic acids is 1. The summed E-state index contributed by atoms with van der Waals surface area (Å²) in [6.07, 6.45) is -4.54. The number of methoxy groups -OCH3 is 1. The Morgan fingerprint density at radius 3 is 2.60 bits per heavy atom. The van der Waals surface area contributed by atoms with Crippen molar-refractivity contribution in [3.63, 3.8) is 0 Å². The van der Waals surface area contributed by atoms with Crippen molar-refractivity contribution in [1.29, 1.82) is 0 Å². The molecule has 0 saturated carbocycles. The molecule has 2 rings (SSSR count). The van der Waals surface area contributed by atoms with E-state index >= 15 is 0 Å². The fourth-order valence-electron chi connectivity index (χ4n) is 2.05. The average Bonchev–Trinajstić information content (AvgIpc) is 3.06. The molecule has 1 aromatic carbocycles. The van der Waals surface area contributed by atoms with Crippen LogP contribution in [0.15, 0.2) is 29.6 Å². The summed E-state index contributed by atoms with van der Waals surface area (Å²) in [5.74, 6) is -0.207. The van der Waals surface area contributed by atoms with Gasteiger partial charge in [0.05, 0.1) is 30.3 Å². The third kappa shape index (κ3) is 5.52. The lowest BCUT2D eigenvalue weighted by Gasteiger charge is -2.11. The van der Waals surface area contributed by atoms with E-state index in [0.29, 0.717) is 16.3 Å². The molecule has 0 aliphatic carbocycles. The van der Waals surface area contributed by atoms with Crippen LogP contribution in [-0.4, -0.2) is 30.6 Å². The van der Waals surface area contributed by atoms with Gasteiger partial charge in [-0.05, 0) is 12.1 Å². The summed E-state index contributed by atoms with van der Waals surface area (Å²) in [6.45, 7) is 0.482. The minimum absolute atomic E-state index is 0.156. The Balaban J connectivity index is 1.95. The van der Waals surface area contributed by atoms with Crippen molar-refractivity contribution in [3.05, 3.63) is 40.9 Å². The third-order valence-electron chi connectivity index (χ3n) is 3.49.